The maximum Gasteiger partial charge on any atom is 0.251 e. The normalized spacial score (nSPS) is 10.7. The SMILES string of the molecule is CCOC(C)(C)CNC(=O)c1cccc(C#CCO)c1C. The third kappa shape index (κ3) is 5.22. The number of hydrogen-bond acceptors (Lipinski definition) is 3. The zero-order valence-corrected chi connectivity index (χ0v) is 13.1. The monoisotopic (exact) mass is 289 g/mol. The van der Waals surface area contributed by atoms with Crippen molar-refractivity contribution in [2.45, 2.75) is 33.3 Å². The summed E-state index contributed by atoms with van der Waals surface area (Å²) in [7, 11) is 0. The van der Waals surface area contributed by atoms with Gasteiger partial charge < -0.3 is 15.2 Å². The average molecular weight is 289 g/mol. The minimum Gasteiger partial charge on any atom is -0.384 e. The lowest BCUT2D eigenvalue weighted by molar-refractivity contribution is -0.00816. The zero-order valence-electron chi connectivity index (χ0n) is 13.1. The lowest BCUT2D eigenvalue weighted by Crippen LogP contribution is -2.40. The largest absolute Gasteiger partial charge is 0.384 e. The number of amides is 1. The molecule has 1 aromatic carbocycles. The fraction of sp³-hybridized carbons (Fsp3) is 0.471. The third-order valence-corrected chi connectivity index (χ3v) is 3.09. The molecule has 4 heteroatoms. The lowest BCUT2D eigenvalue weighted by Gasteiger charge is -2.25. The summed E-state index contributed by atoms with van der Waals surface area (Å²) in [5.41, 5.74) is 1.75. The molecule has 0 fully saturated rings. The second-order valence-electron chi connectivity index (χ2n) is 5.31. The highest BCUT2D eigenvalue weighted by Crippen LogP contribution is 2.14. The number of carbonyl (C=O) groups excluding carboxylic acids is 1. The van der Waals surface area contributed by atoms with Crippen LogP contribution >= 0.6 is 0 Å². The summed E-state index contributed by atoms with van der Waals surface area (Å²) in [5, 5.41) is 11.6. The fourth-order valence-corrected chi connectivity index (χ4v) is 1.98. The van der Waals surface area contributed by atoms with E-state index >= 15 is 0 Å². The molecule has 0 unspecified atom stereocenters. The minimum absolute atomic E-state index is 0.145. The number of nitrogens with one attached hydrogen (secondary N) is 1. The molecule has 0 heterocycles. The first-order valence-corrected chi connectivity index (χ1v) is 7.02. The Balaban J connectivity index is 2.84. The van der Waals surface area contributed by atoms with Crippen LogP contribution in [0.15, 0.2) is 18.2 Å². The van der Waals surface area contributed by atoms with Crippen LogP contribution in [0.2, 0.25) is 0 Å². The van der Waals surface area contributed by atoms with Gasteiger partial charge >= 0.3 is 0 Å². The van der Waals surface area contributed by atoms with Gasteiger partial charge in [-0.15, -0.1) is 0 Å². The van der Waals surface area contributed by atoms with Gasteiger partial charge in [-0.1, -0.05) is 17.9 Å². The van der Waals surface area contributed by atoms with Gasteiger partial charge in [0.05, 0.1) is 5.60 Å². The second-order valence-corrected chi connectivity index (χ2v) is 5.31. The molecule has 0 aliphatic heterocycles. The number of benzene rings is 1. The smallest absolute Gasteiger partial charge is 0.251 e. The van der Waals surface area contributed by atoms with E-state index < -0.39 is 5.60 Å². The number of aliphatic hydroxyl groups is 1. The van der Waals surface area contributed by atoms with Crippen molar-refractivity contribution >= 4 is 5.91 Å². The van der Waals surface area contributed by atoms with Gasteiger partial charge in [-0.05, 0) is 45.4 Å². The van der Waals surface area contributed by atoms with Gasteiger partial charge in [0.1, 0.15) is 6.61 Å². The molecule has 0 saturated carbocycles. The Morgan fingerprint density at radius 1 is 1.43 bits per heavy atom. The Labute approximate surface area is 126 Å². The highest BCUT2D eigenvalue weighted by molar-refractivity contribution is 5.96. The average Bonchev–Trinajstić information content (AvgIpc) is 2.44. The first-order chi connectivity index (χ1) is 9.91. The second kappa shape index (κ2) is 7.82. The van der Waals surface area contributed by atoms with E-state index in [0.29, 0.717) is 18.7 Å². The molecule has 0 bridgehead atoms. The highest BCUT2D eigenvalue weighted by Gasteiger charge is 2.19. The number of carbonyl (C=O) groups is 1. The topological polar surface area (TPSA) is 58.6 Å². The summed E-state index contributed by atoms with van der Waals surface area (Å²) in [6.45, 7) is 8.50. The Morgan fingerprint density at radius 3 is 2.76 bits per heavy atom. The number of aliphatic hydroxyl groups excluding tert-OH is 1. The standard InChI is InChI=1S/C17H23NO3/c1-5-21-17(3,4)12-18-16(20)15-10-6-8-14(13(15)2)9-7-11-19/h6,8,10,19H,5,11-12H2,1-4H3,(H,18,20). The van der Waals surface area contributed by atoms with E-state index in [-0.39, 0.29) is 12.5 Å². The van der Waals surface area contributed by atoms with Gasteiger partial charge in [-0.3, -0.25) is 4.79 Å². The Morgan fingerprint density at radius 2 is 2.14 bits per heavy atom. The van der Waals surface area contributed by atoms with Gasteiger partial charge in [0.2, 0.25) is 0 Å². The molecule has 4 nitrogen and oxygen atoms in total. The number of ether oxygens (including phenoxy) is 1. The zero-order chi connectivity index (χ0) is 15.9. The van der Waals surface area contributed by atoms with E-state index in [9.17, 15) is 4.79 Å². The van der Waals surface area contributed by atoms with Gasteiger partial charge in [-0.2, -0.15) is 0 Å². The first-order valence-electron chi connectivity index (χ1n) is 7.02. The summed E-state index contributed by atoms with van der Waals surface area (Å²) in [6.07, 6.45) is 0. The van der Waals surface area contributed by atoms with Crippen LogP contribution in [0.25, 0.3) is 0 Å². The summed E-state index contributed by atoms with van der Waals surface area (Å²) in [6, 6.07) is 5.39. The van der Waals surface area contributed by atoms with E-state index in [4.69, 9.17) is 9.84 Å². The van der Waals surface area contributed by atoms with E-state index in [0.717, 1.165) is 11.1 Å². The molecule has 2 N–H and O–H groups in total. The van der Waals surface area contributed by atoms with E-state index in [1.165, 1.54) is 0 Å². The molecule has 21 heavy (non-hydrogen) atoms. The third-order valence-electron chi connectivity index (χ3n) is 3.09. The van der Waals surface area contributed by atoms with Crippen molar-refractivity contribution < 1.29 is 14.6 Å². The number of hydrogen-bond donors (Lipinski definition) is 2. The molecule has 0 radical (unpaired) electrons. The molecule has 0 aliphatic carbocycles. The highest BCUT2D eigenvalue weighted by atomic mass is 16.5. The Bertz CT molecular complexity index is 553. The summed E-state index contributed by atoms with van der Waals surface area (Å²) >= 11 is 0. The van der Waals surface area contributed by atoms with Crippen LogP contribution in [0, 0.1) is 18.8 Å². The maximum atomic E-state index is 12.3. The van der Waals surface area contributed by atoms with Crippen LogP contribution in [0.3, 0.4) is 0 Å². The predicted octanol–water partition coefficient (Wildman–Crippen LogP) is 1.88. The summed E-state index contributed by atoms with van der Waals surface area (Å²) < 4.78 is 5.56. The number of rotatable bonds is 5. The van der Waals surface area contributed by atoms with Crippen molar-refractivity contribution in [2.24, 2.45) is 0 Å². The van der Waals surface area contributed by atoms with Crippen LogP contribution < -0.4 is 5.32 Å². The molecular formula is C17H23NO3. The molecule has 1 aromatic rings. The molecular weight excluding hydrogens is 266 g/mol. The molecule has 114 valence electrons. The summed E-state index contributed by atoms with van der Waals surface area (Å²) in [4.78, 5) is 12.3. The van der Waals surface area contributed by atoms with Gasteiger partial charge in [0.25, 0.3) is 5.91 Å². The van der Waals surface area contributed by atoms with Gasteiger partial charge in [0.15, 0.2) is 0 Å². The Kier molecular flexibility index (Phi) is 6.41. The van der Waals surface area contributed by atoms with E-state index in [2.05, 4.69) is 17.2 Å². The fourth-order valence-electron chi connectivity index (χ4n) is 1.98. The van der Waals surface area contributed by atoms with E-state index in [1.54, 1.807) is 12.1 Å². The molecule has 0 aliphatic rings. The minimum atomic E-state index is -0.396. The molecule has 0 aromatic heterocycles. The summed E-state index contributed by atoms with van der Waals surface area (Å²) in [5.74, 6) is 5.30. The first kappa shape index (κ1) is 17.2. The van der Waals surface area contributed by atoms with Crippen LogP contribution in [-0.4, -0.2) is 36.4 Å². The van der Waals surface area contributed by atoms with Crippen molar-refractivity contribution in [1.29, 1.82) is 0 Å². The molecule has 1 amide bonds. The van der Waals surface area contributed by atoms with Crippen LogP contribution in [-0.2, 0) is 4.74 Å². The van der Waals surface area contributed by atoms with Crippen molar-refractivity contribution in [3.8, 4) is 11.8 Å². The molecule has 1 rings (SSSR count). The molecule has 0 spiro atoms. The van der Waals surface area contributed by atoms with Crippen LogP contribution in [0.5, 0.6) is 0 Å². The quantitative estimate of drug-likeness (QED) is 0.814. The van der Waals surface area contributed by atoms with Crippen molar-refractivity contribution in [3.63, 3.8) is 0 Å². The Hall–Kier alpha value is -1.83. The lowest BCUT2D eigenvalue weighted by atomic mass is 10.0. The van der Waals surface area contributed by atoms with Crippen molar-refractivity contribution in [3.05, 3.63) is 34.9 Å². The molecule has 0 atom stereocenters. The van der Waals surface area contributed by atoms with Gasteiger partial charge in [-0.25, -0.2) is 0 Å². The van der Waals surface area contributed by atoms with Crippen molar-refractivity contribution in [2.75, 3.05) is 19.8 Å². The van der Waals surface area contributed by atoms with Crippen molar-refractivity contribution in [1.82, 2.24) is 5.32 Å². The van der Waals surface area contributed by atoms with E-state index in [1.807, 2.05) is 33.8 Å². The predicted molar refractivity (Wildman–Crippen MR) is 83.2 cm³/mol. The van der Waals surface area contributed by atoms with Gasteiger partial charge in [0, 0.05) is 24.3 Å². The van der Waals surface area contributed by atoms with Crippen LogP contribution in [0.4, 0.5) is 0 Å². The maximum absolute atomic E-state index is 12.3. The van der Waals surface area contributed by atoms with Crippen LogP contribution in [0.1, 0.15) is 42.3 Å². The molecule has 0 saturated heterocycles.